The second-order valence-electron chi connectivity index (χ2n) is 3.72. The van der Waals surface area contributed by atoms with E-state index < -0.39 is 0 Å². The van der Waals surface area contributed by atoms with Crippen molar-refractivity contribution in [3.63, 3.8) is 0 Å². The summed E-state index contributed by atoms with van der Waals surface area (Å²) in [6.45, 7) is 5.58. The van der Waals surface area contributed by atoms with Crippen LogP contribution in [0.25, 0.3) is 0 Å². The Bertz CT molecular complexity index is 264. The summed E-state index contributed by atoms with van der Waals surface area (Å²) in [5.74, 6) is 0.397. The molecule has 14 heavy (non-hydrogen) atoms. The number of rotatable bonds is 5. The molecule has 0 aliphatic heterocycles. The molecule has 0 amide bonds. The van der Waals surface area contributed by atoms with Crippen LogP contribution >= 0.6 is 0 Å². The summed E-state index contributed by atoms with van der Waals surface area (Å²) in [5.41, 5.74) is 1.29. The highest BCUT2D eigenvalue weighted by Gasteiger charge is 2.11. The second-order valence-corrected chi connectivity index (χ2v) is 3.72. The van der Waals surface area contributed by atoms with Crippen LogP contribution in [0.15, 0.2) is 43.0 Å². The highest BCUT2D eigenvalue weighted by atomic mass is 16.3. The monoisotopic (exact) mass is 190 g/mol. The summed E-state index contributed by atoms with van der Waals surface area (Å²) in [5, 5.41) is 9.38. The predicted molar refractivity (Wildman–Crippen MR) is 60.3 cm³/mol. The minimum absolute atomic E-state index is 0.250. The normalized spacial score (nSPS) is 14.7. The summed E-state index contributed by atoms with van der Waals surface area (Å²) < 4.78 is 0. The summed E-state index contributed by atoms with van der Waals surface area (Å²) in [6.07, 6.45) is 3.39. The molecular formula is C13H18O. The zero-order valence-electron chi connectivity index (χ0n) is 8.69. The molecule has 0 radical (unpaired) electrons. The van der Waals surface area contributed by atoms with Gasteiger partial charge in [-0.05, 0) is 31.2 Å². The lowest BCUT2D eigenvalue weighted by Gasteiger charge is -2.17. The van der Waals surface area contributed by atoms with Crippen molar-refractivity contribution in [1.82, 2.24) is 0 Å². The fourth-order valence-corrected chi connectivity index (χ4v) is 1.71. The van der Waals surface area contributed by atoms with Crippen molar-refractivity contribution < 1.29 is 5.11 Å². The minimum atomic E-state index is -0.250. The Balaban J connectivity index is 2.72. The zero-order valence-corrected chi connectivity index (χ0v) is 8.69. The Morgan fingerprint density at radius 1 is 1.36 bits per heavy atom. The van der Waals surface area contributed by atoms with Gasteiger partial charge in [-0.15, -0.1) is 6.58 Å². The smallest absolute Gasteiger partial charge is 0.0518 e. The molecule has 1 nitrogen and oxygen atoms in total. The average molecular weight is 190 g/mol. The minimum Gasteiger partial charge on any atom is -0.393 e. The molecule has 1 aromatic rings. The maximum atomic E-state index is 9.38. The number of aliphatic hydroxyl groups excluding tert-OH is 1. The molecule has 0 saturated heterocycles. The molecule has 2 atom stereocenters. The van der Waals surface area contributed by atoms with Crippen LogP contribution in [0.1, 0.15) is 31.2 Å². The molecule has 0 unspecified atom stereocenters. The number of aliphatic hydroxyl groups is 1. The maximum Gasteiger partial charge on any atom is 0.0518 e. The molecule has 1 N–H and O–H groups in total. The average Bonchev–Trinajstić information content (AvgIpc) is 2.18. The van der Waals surface area contributed by atoms with Crippen LogP contribution in [0.2, 0.25) is 0 Å². The van der Waals surface area contributed by atoms with Gasteiger partial charge in [-0.1, -0.05) is 36.4 Å². The van der Waals surface area contributed by atoms with Crippen LogP contribution in [0.3, 0.4) is 0 Å². The number of hydrogen-bond donors (Lipinski definition) is 1. The van der Waals surface area contributed by atoms with Gasteiger partial charge < -0.3 is 5.11 Å². The summed E-state index contributed by atoms with van der Waals surface area (Å²) in [4.78, 5) is 0. The maximum absolute atomic E-state index is 9.38. The first-order valence-corrected chi connectivity index (χ1v) is 5.08. The van der Waals surface area contributed by atoms with Gasteiger partial charge in [0.1, 0.15) is 0 Å². The van der Waals surface area contributed by atoms with Crippen LogP contribution in [0.4, 0.5) is 0 Å². The van der Waals surface area contributed by atoms with Gasteiger partial charge in [-0.3, -0.25) is 0 Å². The van der Waals surface area contributed by atoms with Crippen molar-refractivity contribution in [3.8, 4) is 0 Å². The van der Waals surface area contributed by atoms with Crippen LogP contribution in [-0.4, -0.2) is 11.2 Å². The number of benzene rings is 1. The molecule has 0 aromatic heterocycles. The van der Waals surface area contributed by atoms with Crippen molar-refractivity contribution in [3.05, 3.63) is 48.6 Å². The Hall–Kier alpha value is -1.08. The fourth-order valence-electron chi connectivity index (χ4n) is 1.71. The van der Waals surface area contributed by atoms with Gasteiger partial charge in [0.2, 0.25) is 0 Å². The van der Waals surface area contributed by atoms with Gasteiger partial charge in [0, 0.05) is 0 Å². The van der Waals surface area contributed by atoms with E-state index in [0.717, 1.165) is 12.8 Å². The first-order valence-electron chi connectivity index (χ1n) is 5.08. The lowest BCUT2D eigenvalue weighted by atomic mass is 9.91. The molecular weight excluding hydrogens is 172 g/mol. The van der Waals surface area contributed by atoms with Crippen molar-refractivity contribution in [2.24, 2.45) is 0 Å². The molecule has 0 aliphatic carbocycles. The van der Waals surface area contributed by atoms with E-state index in [0.29, 0.717) is 5.92 Å². The third kappa shape index (κ3) is 3.35. The predicted octanol–water partition coefficient (Wildman–Crippen LogP) is 3.12. The highest BCUT2D eigenvalue weighted by molar-refractivity contribution is 5.20. The van der Waals surface area contributed by atoms with Crippen LogP contribution < -0.4 is 0 Å². The number of hydrogen-bond acceptors (Lipinski definition) is 1. The van der Waals surface area contributed by atoms with E-state index in [1.54, 1.807) is 0 Å². The first-order chi connectivity index (χ1) is 6.74. The van der Waals surface area contributed by atoms with Crippen LogP contribution in [0, 0.1) is 0 Å². The van der Waals surface area contributed by atoms with E-state index >= 15 is 0 Å². The van der Waals surface area contributed by atoms with Gasteiger partial charge in [0.05, 0.1) is 6.10 Å². The van der Waals surface area contributed by atoms with E-state index in [1.165, 1.54) is 5.56 Å². The standard InChI is InChI=1S/C13H18O/c1-3-7-13(10-11(2)14)12-8-5-4-6-9-12/h3-6,8-9,11,13-14H,1,7,10H2,2H3/t11-,13+/m1/s1. The van der Waals surface area contributed by atoms with Crippen LogP contribution in [-0.2, 0) is 0 Å². The van der Waals surface area contributed by atoms with Gasteiger partial charge in [-0.2, -0.15) is 0 Å². The summed E-state index contributed by atoms with van der Waals surface area (Å²) in [6, 6.07) is 10.3. The lowest BCUT2D eigenvalue weighted by molar-refractivity contribution is 0.174. The van der Waals surface area contributed by atoms with E-state index in [1.807, 2.05) is 31.2 Å². The number of allylic oxidation sites excluding steroid dienone is 1. The molecule has 1 heteroatoms. The lowest BCUT2D eigenvalue weighted by Crippen LogP contribution is -2.08. The molecule has 0 spiro atoms. The highest BCUT2D eigenvalue weighted by Crippen LogP contribution is 2.24. The van der Waals surface area contributed by atoms with E-state index in [2.05, 4.69) is 18.7 Å². The van der Waals surface area contributed by atoms with E-state index in [9.17, 15) is 5.11 Å². The molecule has 0 bridgehead atoms. The van der Waals surface area contributed by atoms with E-state index in [-0.39, 0.29) is 6.10 Å². The zero-order chi connectivity index (χ0) is 10.4. The molecule has 76 valence electrons. The Morgan fingerprint density at radius 3 is 2.50 bits per heavy atom. The molecule has 0 saturated carbocycles. The fraction of sp³-hybridized carbons (Fsp3) is 0.385. The van der Waals surface area contributed by atoms with Crippen molar-refractivity contribution in [2.75, 3.05) is 0 Å². The molecule has 1 rings (SSSR count). The van der Waals surface area contributed by atoms with Gasteiger partial charge in [0.15, 0.2) is 0 Å². The van der Waals surface area contributed by atoms with Gasteiger partial charge in [0.25, 0.3) is 0 Å². The third-order valence-corrected chi connectivity index (χ3v) is 2.35. The Labute approximate surface area is 86.1 Å². The largest absolute Gasteiger partial charge is 0.393 e. The van der Waals surface area contributed by atoms with Crippen LogP contribution in [0.5, 0.6) is 0 Å². The van der Waals surface area contributed by atoms with Crippen molar-refractivity contribution in [2.45, 2.75) is 31.8 Å². The Kier molecular flexibility index (Phi) is 4.41. The summed E-state index contributed by atoms with van der Waals surface area (Å²) >= 11 is 0. The molecule has 0 aliphatic rings. The third-order valence-electron chi connectivity index (χ3n) is 2.35. The summed E-state index contributed by atoms with van der Waals surface area (Å²) in [7, 11) is 0. The first kappa shape index (κ1) is 11.0. The second kappa shape index (κ2) is 5.61. The van der Waals surface area contributed by atoms with Crippen molar-refractivity contribution in [1.29, 1.82) is 0 Å². The molecule has 0 heterocycles. The van der Waals surface area contributed by atoms with Gasteiger partial charge >= 0.3 is 0 Å². The SMILES string of the molecule is C=CC[C@@H](C[C@@H](C)O)c1ccccc1. The quantitative estimate of drug-likeness (QED) is 0.707. The molecule has 1 aromatic carbocycles. The topological polar surface area (TPSA) is 20.2 Å². The Morgan fingerprint density at radius 2 is 2.00 bits per heavy atom. The van der Waals surface area contributed by atoms with E-state index in [4.69, 9.17) is 0 Å². The molecule has 0 fully saturated rings. The van der Waals surface area contributed by atoms with Crippen molar-refractivity contribution >= 4 is 0 Å². The van der Waals surface area contributed by atoms with Gasteiger partial charge in [-0.25, -0.2) is 0 Å².